The van der Waals surface area contributed by atoms with Crippen molar-refractivity contribution in [3.63, 3.8) is 0 Å². The van der Waals surface area contributed by atoms with Crippen molar-refractivity contribution in [2.24, 2.45) is 5.73 Å². The van der Waals surface area contributed by atoms with Crippen LogP contribution in [0.2, 0.25) is 0 Å². The number of nitrogens with two attached hydrogens (primary N) is 1. The second kappa shape index (κ2) is 7.98. The zero-order valence-electron chi connectivity index (χ0n) is 10.4. The number of hydrogen-bond donors (Lipinski definition) is 1. The molecule has 1 atom stereocenters. The number of carbonyl (C=O) groups excluding carboxylic acids is 1. The van der Waals surface area contributed by atoms with E-state index in [4.69, 9.17) is 10.5 Å². The first-order valence-electron chi connectivity index (χ1n) is 6.14. The predicted octanol–water partition coefficient (Wildman–Crippen LogP) is 2.29. The van der Waals surface area contributed by atoms with Gasteiger partial charge in [0, 0.05) is 13.0 Å². The highest BCUT2D eigenvalue weighted by atomic mass is 16.5. The minimum absolute atomic E-state index is 0.135. The molecule has 3 nitrogen and oxygen atoms in total. The van der Waals surface area contributed by atoms with Crippen molar-refractivity contribution in [3.8, 4) is 0 Å². The summed E-state index contributed by atoms with van der Waals surface area (Å²) in [4.78, 5) is 11.4. The van der Waals surface area contributed by atoms with E-state index in [1.807, 2.05) is 37.3 Å². The van der Waals surface area contributed by atoms with E-state index in [0.717, 1.165) is 12.0 Å². The first-order valence-corrected chi connectivity index (χ1v) is 6.14. The fourth-order valence-corrected chi connectivity index (χ4v) is 1.53. The van der Waals surface area contributed by atoms with E-state index in [2.05, 4.69) is 0 Å². The average molecular weight is 235 g/mol. The van der Waals surface area contributed by atoms with E-state index in [0.29, 0.717) is 26.1 Å². The average Bonchev–Trinajstić information content (AvgIpc) is 2.38. The van der Waals surface area contributed by atoms with Gasteiger partial charge in [-0.3, -0.25) is 4.79 Å². The van der Waals surface area contributed by atoms with E-state index in [1.54, 1.807) is 0 Å². The molecule has 1 aromatic carbocycles. The van der Waals surface area contributed by atoms with Gasteiger partial charge in [0.25, 0.3) is 0 Å². The van der Waals surface area contributed by atoms with Crippen molar-refractivity contribution in [3.05, 3.63) is 35.9 Å². The normalized spacial score (nSPS) is 12.4. The van der Waals surface area contributed by atoms with Crippen molar-refractivity contribution in [2.45, 2.75) is 38.8 Å². The summed E-state index contributed by atoms with van der Waals surface area (Å²) in [7, 11) is 0. The molecule has 0 heterocycles. The molecule has 0 aliphatic carbocycles. The summed E-state index contributed by atoms with van der Waals surface area (Å²) in [5.74, 6) is 0.135. The van der Waals surface area contributed by atoms with Gasteiger partial charge >= 0.3 is 0 Å². The van der Waals surface area contributed by atoms with Gasteiger partial charge in [-0.25, -0.2) is 0 Å². The lowest BCUT2D eigenvalue weighted by atomic mass is 10.1. The second-order valence-electron chi connectivity index (χ2n) is 4.12. The number of ether oxygens (including phenoxy) is 1. The summed E-state index contributed by atoms with van der Waals surface area (Å²) < 4.78 is 5.49. The maximum Gasteiger partial charge on any atom is 0.149 e. The van der Waals surface area contributed by atoms with Crippen LogP contribution in [0.15, 0.2) is 30.3 Å². The molecule has 2 N–H and O–H groups in total. The molecular weight excluding hydrogens is 214 g/mol. The SMILES string of the molecule is CC[C@H](N)C(=O)CCCOCc1ccccc1. The highest BCUT2D eigenvalue weighted by Gasteiger charge is 2.09. The first-order chi connectivity index (χ1) is 8.24. The molecule has 0 bridgehead atoms. The third kappa shape index (κ3) is 5.61. The molecule has 0 radical (unpaired) electrons. The second-order valence-corrected chi connectivity index (χ2v) is 4.12. The van der Waals surface area contributed by atoms with Gasteiger partial charge in [0.15, 0.2) is 0 Å². The lowest BCUT2D eigenvalue weighted by Crippen LogP contribution is -2.29. The summed E-state index contributed by atoms with van der Waals surface area (Å²) >= 11 is 0. The summed E-state index contributed by atoms with van der Waals surface area (Å²) in [6.07, 6.45) is 1.98. The van der Waals surface area contributed by atoms with Crippen molar-refractivity contribution in [2.75, 3.05) is 6.61 Å². The van der Waals surface area contributed by atoms with Crippen LogP contribution in [-0.4, -0.2) is 18.4 Å². The molecule has 1 aromatic rings. The van der Waals surface area contributed by atoms with Crippen LogP contribution in [0.5, 0.6) is 0 Å². The van der Waals surface area contributed by atoms with E-state index < -0.39 is 0 Å². The summed E-state index contributed by atoms with van der Waals surface area (Å²) in [6, 6.07) is 9.71. The quantitative estimate of drug-likeness (QED) is 0.703. The molecule has 3 heteroatoms. The lowest BCUT2D eigenvalue weighted by molar-refractivity contribution is -0.120. The van der Waals surface area contributed by atoms with Crippen molar-refractivity contribution in [1.29, 1.82) is 0 Å². The zero-order chi connectivity index (χ0) is 12.5. The van der Waals surface area contributed by atoms with Crippen LogP contribution in [0, 0.1) is 0 Å². The van der Waals surface area contributed by atoms with Gasteiger partial charge in [0.2, 0.25) is 0 Å². The Morgan fingerprint density at radius 3 is 2.71 bits per heavy atom. The summed E-state index contributed by atoms with van der Waals surface area (Å²) in [5.41, 5.74) is 6.79. The first kappa shape index (κ1) is 13.9. The molecule has 17 heavy (non-hydrogen) atoms. The van der Waals surface area contributed by atoms with Gasteiger partial charge in [-0.1, -0.05) is 37.3 Å². The van der Waals surface area contributed by atoms with Crippen molar-refractivity contribution >= 4 is 5.78 Å². The van der Waals surface area contributed by atoms with Crippen molar-refractivity contribution in [1.82, 2.24) is 0 Å². The molecule has 1 rings (SSSR count). The highest BCUT2D eigenvalue weighted by molar-refractivity contribution is 5.83. The Balaban J connectivity index is 2.07. The molecule has 0 fully saturated rings. The van der Waals surface area contributed by atoms with Crippen LogP contribution in [0.4, 0.5) is 0 Å². The third-order valence-electron chi connectivity index (χ3n) is 2.68. The molecule has 0 amide bonds. The number of carbonyl (C=O) groups is 1. The van der Waals surface area contributed by atoms with E-state index in [-0.39, 0.29) is 11.8 Å². The van der Waals surface area contributed by atoms with Crippen LogP contribution >= 0.6 is 0 Å². The molecule has 0 spiro atoms. The number of hydrogen-bond acceptors (Lipinski definition) is 3. The number of benzene rings is 1. The number of rotatable bonds is 8. The lowest BCUT2D eigenvalue weighted by Gasteiger charge is -2.07. The molecule has 0 aromatic heterocycles. The predicted molar refractivity (Wildman–Crippen MR) is 68.6 cm³/mol. The number of ketones is 1. The molecular formula is C14H21NO2. The van der Waals surface area contributed by atoms with Crippen LogP contribution in [-0.2, 0) is 16.1 Å². The highest BCUT2D eigenvalue weighted by Crippen LogP contribution is 2.02. The smallest absolute Gasteiger partial charge is 0.149 e. The van der Waals surface area contributed by atoms with E-state index >= 15 is 0 Å². The van der Waals surface area contributed by atoms with Crippen LogP contribution in [0.1, 0.15) is 31.7 Å². The van der Waals surface area contributed by atoms with Gasteiger partial charge in [-0.05, 0) is 18.4 Å². The van der Waals surface area contributed by atoms with Gasteiger partial charge < -0.3 is 10.5 Å². The third-order valence-corrected chi connectivity index (χ3v) is 2.68. The molecule has 0 saturated heterocycles. The van der Waals surface area contributed by atoms with Crippen LogP contribution < -0.4 is 5.73 Å². The maximum atomic E-state index is 11.4. The minimum atomic E-state index is -0.302. The fourth-order valence-electron chi connectivity index (χ4n) is 1.53. The summed E-state index contributed by atoms with van der Waals surface area (Å²) in [5, 5.41) is 0. The Bertz CT molecular complexity index is 324. The molecule has 0 aliphatic heterocycles. The zero-order valence-corrected chi connectivity index (χ0v) is 10.4. The van der Waals surface area contributed by atoms with E-state index in [9.17, 15) is 4.79 Å². The molecule has 0 unspecified atom stereocenters. The van der Waals surface area contributed by atoms with Gasteiger partial charge in [0.05, 0.1) is 12.6 Å². The molecule has 94 valence electrons. The largest absolute Gasteiger partial charge is 0.377 e. The van der Waals surface area contributed by atoms with Gasteiger partial charge in [-0.2, -0.15) is 0 Å². The Labute approximate surface area is 103 Å². The topological polar surface area (TPSA) is 52.3 Å². The Hall–Kier alpha value is -1.19. The van der Waals surface area contributed by atoms with Crippen LogP contribution in [0.3, 0.4) is 0 Å². The summed E-state index contributed by atoms with van der Waals surface area (Å²) in [6.45, 7) is 3.14. The Morgan fingerprint density at radius 2 is 2.06 bits per heavy atom. The van der Waals surface area contributed by atoms with E-state index in [1.165, 1.54) is 0 Å². The Kier molecular flexibility index (Phi) is 6.51. The molecule has 0 saturated carbocycles. The molecule has 0 aliphatic rings. The fraction of sp³-hybridized carbons (Fsp3) is 0.500. The minimum Gasteiger partial charge on any atom is -0.377 e. The Morgan fingerprint density at radius 1 is 1.35 bits per heavy atom. The number of Topliss-reactive ketones (excluding diaryl/α,β-unsaturated/α-hetero) is 1. The monoisotopic (exact) mass is 235 g/mol. The standard InChI is InChI=1S/C14H21NO2/c1-2-13(15)14(16)9-6-10-17-11-12-7-4-3-5-8-12/h3-5,7-8,13H,2,6,9-11,15H2,1H3/t13-/m0/s1. The van der Waals surface area contributed by atoms with Gasteiger partial charge in [0.1, 0.15) is 5.78 Å². The van der Waals surface area contributed by atoms with Crippen molar-refractivity contribution < 1.29 is 9.53 Å². The van der Waals surface area contributed by atoms with Crippen LogP contribution in [0.25, 0.3) is 0 Å². The maximum absolute atomic E-state index is 11.4. The van der Waals surface area contributed by atoms with Gasteiger partial charge in [-0.15, -0.1) is 0 Å².